The molecule has 2 amide bonds. The molecule has 2 saturated carbocycles. The summed E-state index contributed by atoms with van der Waals surface area (Å²) in [7, 11) is 0. The van der Waals surface area contributed by atoms with Crippen LogP contribution in [-0.4, -0.2) is 24.1 Å². The average molecular weight is 438 g/mol. The number of carbonyl (C=O) groups is 2. The van der Waals surface area contributed by atoms with Crippen LogP contribution in [0.2, 0.25) is 0 Å². The topological polar surface area (TPSA) is 79.8 Å². The first-order chi connectivity index (χ1) is 15.2. The summed E-state index contributed by atoms with van der Waals surface area (Å²) < 4.78 is 19.3. The van der Waals surface area contributed by atoms with Crippen molar-refractivity contribution in [3.63, 3.8) is 0 Å². The Kier molecular flexibility index (Phi) is 5.75. The Bertz CT molecular complexity index is 1080. The maximum Gasteiger partial charge on any atom is 0.275 e. The first-order valence-electron chi connectivity index (χ1n) is 10.9. The van der Waals surface area contributed by atoms with Gasteiger partial charge in [-0.2, -0.15) is 5.10 Å². The van der Waals surface area contributed by atoms with E-state index in [9.17, 15) is 14.0 Å². The highest BCUT2D eigenvalue weighted by Gasteiger charge is 2.60. The molecule has 7 heteroatoms. The van der Waals surface area contributed by atoms with Crippen LogP contribution in [0.15, 0.2) is 53.6 Å². The second-order valence-corrected chi connectivity index (χ2v) is 9.31. The first kappa shape index (κ1) is 22.0. The van der Waals surface area contributed by atoms with E-state index in [1.807, 2.05) is 0 Å². The van der Waals surface area contributed by atoms with Gasteiger partial charge in [0.1, 0.15) is 11.6 Å². The van der Waals surface area contributed by atoms with Crippen LogP contribution in [0.25, 0.3) is 0 Å². The summed E-state index contributed by atoms with van der Waals surface area (Å²) in [4.78, 5) is 25.0. The normalized spacial score (nSPS) is 24.4. The predicted octanol–water partition coefficient (Wildman–Crippen LogP) is 4.78. The number of hydrogen-bond acceptors (Lipinski definition) is 4. The standard InChI is InChI=1S/C25H28FN3O3/c1-24(2)16-12-13-25(24,3)21(14-16)28-29-23(31)17-8-4-7-11-20(17)32-15-22(30)27-19-10-6-5-9-18(19)26/h4-11,16H,12-15H2,1-3H3,(H,27,30)(H,29,31)/b28-21+. The lowest BCUT2D eigenvalue weighted by Gasteiger charge is -2.34. The van der Waals surface area contributed by atoms with Crippen molar-refractivity contribution in [2.45, 2.75) is 40.0 Å². The first-order valence-corrected chi connectivity index (χ1v) is 10.9. The van der Waals surface area contributed by atoms with Crippen LogP contribution < -0.4 is 15.5 Å². The van der Waals surface area contributed by atoms with Gasteiger partial charge in [0.15, 0.2) is 6.61 Å². The Labute approximate surface area is 187 Å². The molecule has 2 atom stereocenters. The fraction of sp³-hybridized carbons (Fsp3) is 0.400. The van der Waals surface area contributed by atoms with Gasteiger partial charge < -0.3 is 10.1 Å². The summed E-state index contributed by atoms with van der Waals surface area (Å²) in [6.07, 6.45) is 3.18. The van der Waals surface area contributed by atoms with Gasteiger partial charge in [0.25, 0.3) is 11.8 Å². The molecular formula is C25H28FN3O3. The summed E-state index contributed by atoms with van der Waals surface area (Å²) in [6.45, 7) is 6.44. The zero-order valence-electron chi connectivity index (χ0n) is 18.6. The van der Waals surface area contributed by atoms with Crippen LogP contribution in [0.5, 0.6) is 5.75 Å². The van der Waals surface area contributed by atoms with Gasteiger partial charge >= 0.3 is 0 Å². The lowest BCUT2D eigenvalue weighted by molar-refractivity contribution is -0.118. The second kappa shape index (κ2) is 8.37. The molecule has 0 aliphatic heterocycles. The largest absolute Gasteiger partial charge is 0.483 e. The zero-order chi connectivity index (χ0) is 22.9. The van der Waals surface area contributed by atoms with Gasteiger partial charge in [0, 0.05) is 11.1 Å². The van der Waals surface area contributed by atoms with Gasteiger partial charge in [-0.15, -0.1) is 0 Å². The minimum Gasteiger partial charge on any atom is -0.483 e. The van der Waals surface area contributed by atoms with Gasteiger partial charge in [0.2, 0.25) is 0 Å². The van der Waals surface area contributed by atoms with Crippen LogP contribution in [-0.2, 0) is 4.79 Å². The van der Waals surface area contributed by atoms with E-state index in [-0.39, 0.29) is 34.4 Å². The highest BCUT2D eigenvalue weighted by atomic mass is 19.1. The molecule has 2 aliphatic rings. The highest BCUT2D eigenvalue weighted by Crippen LogP contribution is 2.63. The molecule has 0 saturated heterocycles. The molecule has 2 fully saturated rings. The highest BCUT2D eigenvalue weighted by molar-refractivity contribution is 6.00. The number of fused-ring (bicyclic) bond motifs is 2. The Morgan fingerprint density at radius 3 is 2.53 bits per heavy atom. The number of hydrazone groups is 1. The van der Waals surface area contributed by atoms with E-state index in [0.29, 0.717) is 5.92 Å². The van der Waals surface area contributed by atoms with E-state index >= 15 is 0 Å². The molecule has 0 aromatic heterocycles. The molecule has 168 valence electrons. The predicted molar refractivity (Wildman–Crippen MR) is 121 cm³/mol. The van der Waals surface area contributed by atoms with Crippen molar-refractivity contribution in [1.82, 2.24) is 5.43 Å². The second-order valence-electron chi connectivity index (χ2n) is 9.31. The molecule has 2 bridgehead atoms. The van der Waals surface area contributed by atoms with Crippen molar-refractivity contribution in [2.24, 2.45) is 21.8 Å². The summed E-state index contributed by atoms with van der Waals surface area (Å²) in [5.74, 6) is -0.605. The Morgan fingerprint density at radius 2 is 1.84 bits per heavy atom. The number of rotatable bonds is 6. The molecular weight excluding hydrogens is 409 g/mol. The molecule has 2 unspecified atom stereocenters. The van der Waals surface area contributed by atoms with Gasteiger partial charge in [0.05, 0.1) is 11.3 Å². The number of para-hydroxylation sites is 2. The van der Waals surface area contributed by atoms with Gasteiger partial charge in [-0.25, -0.2) is 9.82 Å². The summed E-state index contributed by atoms with van der Waals surface area (Å²) in [6, 6.07) is 12.5. The van der Waals surface area contributed by atoms with E-state index < -0.39 is 17.6 Å². The number of amides is 2. The number of halogens is 1. The monoisotopic (exact) mass is 437 g/mol. The van der Waals surface area contributed by atoms with E-state index in [2.05, 4.69) is 36.6 Å². The Morgan fingerprint density at radius 1 is 1.12 bits per heavy atom. The van der Waals surface area contributed by atoms with Crippen LogP contribution in [0.1, 0.15) is 50.4 Å². The molecule has 32 heavy (non-hydrogen) atoms. The number of benzene rings is 2. The van der Waals surface area contributed by atoms with Gasteiger partial charge in [-0.05, 0) is 54.9 Å². The maximum atomic E-state index is 13.7. The summed E-state index contributed by atoms with van der Waals surface area (Å²) in [5, 5.41) is 6.95. The third-order valence-corrected chi connectivity index (χ3v) is 7.44. The summed E-state index contributed by atoms with van der Waals surface area (Å²) in [5.41, 5.74) is 4.24. The van der Waals surface area contributed by atoms with E-state index in [4.69, 9.17) is 4.74 Å². The molecule has 0 radical (unpaired) electrons. The molecule has 4 rings (SSSR count). The molecule has 2 aromatic carbocycles. The smallest absolute Gasteiger partial charge is 0.275 e. The third-order valence-electron chi connectivity index (χ3n) is 7.44. The lowest BCUT2D eigenvalue weighted by atomic mass is 9.70. The number of anilines is 1. The van der Waals surface area contributed by atoms with E-state index in [1.165, 1.54) is 24.6 Å². The number of nitrogens with one attached hydrogen (secondary N) is 2. The van der Waals surface area contributed by atoms with E-state index in [0.717, 1.165) is 18.6 Å². The molecule has 2 aliphatic carbocycles. The van der Waals surface area contributed by atoms with Crippen molar-refractivity contribution in [2.75, 3.05) is 11.9 Å². The molecule has 0 heterocycles. The third kappa shape index (κ3) is 3.87. The van der Waals surface area contributed by atoms with Crippen LogP contribution in [0, 0.1) is 22.6 Å². The zero-order valence-corrected chi connectivity index (χ0v) is 18.6. The summed E-state index contributed by atoms with van der Waals surface area (Å²) >= 11 is 0. The maximum absolute atomic E-state index is 13.7. The minimum atomic E-state index is -0.530. The lowest BCUT2D eigenvalue weighted by Crippen LogP contribution is -2.34. The van der Waals surface area contributed by atoms with Crippen molar-refractivity contribution in [3.8, 4) is 5.75 Å². The number of ether oxygens (including phenoxy) is 1. The number of nitrogens with zero attached hydrogens (tertiary/aromatic N) is 1. The SMILES string of the molecule is CC12CCC(C/C1=N\NC(=O)c1ccccc1OCC(=O)Nc1ccccc1F)C2(C)C. The molecule has 6 nitrogen and oxygen atoms in total. The van der Waals surface area contributed by atoms with E-state index in [1.54, 1.807) is 30.3 Å². The average Bonchev–Trinajstić information content (AvgIpc) is 3.11. The molecule has 2 N–H and O–H groups in total. The number of hydrogen-bond donors (Lipinski definition) is 2. The quantitative estimate of drug-likeness (QED) is 0.639. The number of carbonyl (C=O) groups excluding carboxylic acids is 2. The van der Waals surface area contributed by atoms with Crippen LogP contribution >= 0.6 is 0 Å². The van der Waals surface area contributed by atoms with Crippen molar-refractivity contribution < 1.29 is 18.7 Å². The minimum absolute atomic E-state index is 0.00817. The fourth-order valence-corrected chi connectivity index (χ4v) is 4.95. The molecule has 0 spiro atoms. The fourth-order valence-electron chi connectivity index (χ4n) is 4.95. The van der Waals surface area contributed by atoms with Crippen molar-refractivity contribution >= 4 is 23.2 Å². The molecule has 2 aromatic rings. The van der Waals surface area contributed by atoms with Crippen molar-refractivity contribution in [3.05, 3.63) is 59.9 Å². The Balaban J connectivity index is 1.41. The van der Waals surface area contributed by atoms with Crippen molar-refractivity contribution in [1.29, 1.82) is 0 Å². The van der Waals surface area contributed by atoms with Gasteiger partial charge in [-0.3, -0.25) is 9.59 Å². The Hall–Kier alpha value is -3.22. The van der Waals surface area contributed by atoms with Crippen LogP contribution in [0.4, 0.5) is 10.1 Å². The van der Waals surface area contributed by atoms with Gasteiger partial charge in [-0.1, -0.05) is 45.0 Å². The van der Waals surface area contributed by atoms with Crippen LogP contribution in [0.3, 0.4) is 0 Å².